The van der Waals surface area contributed by atoms with Crippen molar-refractivity contribution >= 4 is 23.3 Å². The summed E-state index contributed by atoms with van der Waals surface area (Å²) in [5.41, 5.74) is 5.20. The number of carbonyl (C=O) groups is 2. The maximum absolute atomic E-state index is 13.7. The van der Waals surface area contributed by atoms with Crippen LogP contribution in [-0.4, -0.2) is 37.6 Å². The van der Waals surface area contributed by atoms with Crippen molar-refractivity contribution in [3.63, 3.8) is 0 Å². The van der Waals surface area contributed by atoms with E-state index in [9.17, 15) is 19.5 Å². The normalized spacial score (nSPS) is 15.6. The third kappa shape index (κ3) is 4.32. The Morgan fingerprint density at radius 2 is 1.85 bits per heavy atom. The number of nitrogens with zero attached hydrogens (tertiary/aromatic N) is 4. The summed E-state index contributed by atoms with van der Waals surface area (Å²) in [5.74, 6) is -0.152. The Labute approximate surface area is 231 Å². The van der Waals surface area contributed by atoms with Gasteiger partial charge in [0, 0.05) is 54.9 Å². The van der Waals surface area contributed by atoms with Crippen LogP contribution in [0.5, 0.6) is 0 Å². The number of aromatic nitrogens is 3. The van der Waals surface area contributed by atoms with Gasteiger partial charge in [-0.3, -0.25) is 19.3 Å². The third-order valence-corrected chi connectivity index (χ3v) is 7.85. The molecule has 3 aromatic heterocycles. The van der Waals surface area contributed by atoms with Crippen LogP contribution in [-0.2, 0) is 33.0 Å². The van der Waals surface area contributed by atoms with Gasteiger partial charge in [-0.15, -0.1) is 0 Å². The largest absolute Gasteiger partial charge is 0.392 e. The second-order valence-electron chi connectivity index (χ2n) is 11.3. The molecule has 9 nitrogen and oxygen atoms in total. The molecule has 0 atom stereocenters. The Hall–Kier alpha value is -4.50. The lowest BCUT2D eigenvalue weighted by atomic mass is 9.90. The molecule has 4 aromatic rings. The van der Waals surface area contributed by atoms with E-state index in [2.05, 4.69) is 28.7 Å². The Balaban J connectivity index is 1.36. The zero-order valence-corrected chi connectivity index (χ0v) is 22.8. The second-order valence-corrected chi connectivity index (χ2v) is 11.3. The van der Waals surface area contributed by atoms with Crippen LogP contribution in [0, 0.1) is 5.41 Å². The molecule has 0 spiro atoms. The van der Waals surface area contributed by atoms with Crippen molar-refractivity contribution in [3.05, 3.63) is 99.4 Å². The van der Waals surface area contributed by atoms with E-state index in [1.165, 1.54) is 15.8 Å². The first-order chi connectivity index (χ1) is 19.2. The highest BCUT2D eigenvalue weighted by atomic mass is 16.3. The standard InChI is InChI=1S/C31H31N5O4/c1-31(2)15-20-14-25-30(40)36(12-11-35(25)26(20)16-31)27-23(18-37)22(9-10-32-27)21-13-24(29(39)34(3)17-21)33-28(38)19-7-5-4-6-8-19/h4-10,13-14,17,37H,11-12,15-16,18H2,1-3H3,(H,33,38). The van der Waals surface area contributed by atoms with Crippen LogP contribution in [0.4, 0.5) is 11.5 Å². The molecule has 2 aliphatic rings. The lowest BCUT2D eigenvalue weighted by Crippen LogP contribution is -2.41. The molecule has 0 unspecified atom stereocenters. The first kappa shape index (κ1) is 25.8. The van der Waals surface area contributed by atoms with Crippen molar-refractivity contribution < 1.29 is 14.7 Å². The quantitative estimate of drug-likeness (QED) is 0.403. The van der Waals surface area contributed by atoms with Gasteiger partial charge in [-0.2, -0.15) is 0 Å². The van der Waals surface area contributed by atoms with Crippen molar-refractivity contribution in [1.29, 1.82) is 0 Å². The number of aryl methyl sites for hydroxylation is 1. The van der Waals surface area contributed by atoms with E-state index in [0.717, 1.165) is 12.8 Å². The molecule has 6 rings (SSSR count). The van der Waals surface area contributed by atoms with Crippen LogP contribution in [0.3, 0.4) is 0 Å². The average molecular weight is 538 g/mol. The number of hydrogen-bond donors (Lipinski definition) is 2. The van der Waals surface area contributed by atoms with E-state index >= 15 is 0 Å². The molecule has 0 radical (unpaired) electrons. The summed E-state index contributed by atoms with van der Waals surface area (Å²) in [5, 5.41) is 13.2. The third-order valence-electron chi connectivity index (χ3n) is 7.85. The van der Waals surface area contributed by atoms with Gasteiger partial charge in [-0.1, -0.05) is 32.0 Å². The first-order valence-corrected chi connectivity index (χ1v) is 13.4. The van der Waals surface area contributed by atoms with E-state index in [-0.39, 0.29) is 29.2 Å². The molecule has 1 aromatic carbocycles. The van der Waals surface area contributed by atoms with Crippen molar-refractivity contribution in [1.82, 2.24) is 14.1 Å². The maximum Gasteiger partial charge on any atom is 0.276 e. The summed E-state index contributed by atoms with van der Waals surface area (Å²) in [4.78, 5) is 45.5. The maximum atomic E-state index is 13.7. The molecule has 40 heavy (non-hydrogen) atoms. The molecule has 0 saturated heterocycles. The fraction of sp³-hybridized carbons (Fsp3) is 0.290. The molecule has 4 heterocycles. The SMILES string of the molecule is Cn1cc(-c2ccnc(N3CCn4c(cc5c4CC(C)(C)C5)C3=O)c2CO)cc(NC(=O)c2ccccc2)c1=O. The molecular formula is C31H31N5O4. The fourth-order valence-corrected chi connectivity index (χ4v) is 5.99. The number of hydrogen-bond acceptors (Lipinski definition) is 5. The van der Waals surface area contributed by atoms with Gasteiger partial charge in [-0.05, 0) is 59.7 Å². The number of carbonyl (C=O) groups excluding carboxylic acids is 2. The number of nitrogens with one attached hydrogen (secondary N) is 1. The minimum absolute atomic E-state index is 0.112. The first-order valence-electron chi connectivity index (χ1n) is 13.4. The van der Waals surface area contributed by atoms with Crippen molar-refractivity contribution in [2.45, 2.75) is 39.8 Å². The van der Waals surface area contributed by atoms with Gasteiger partial charge >= 0.3 is 0 Å². The van der Waals surface area contributed by atoms with Gasteiger partial charge in [0.25, 0.3) is 17.4 Å². The molecule has 0 fully saturated rings. The van der Waals surface area contributed by atoms with Crippen LogP contribution in [0.15, 0.2) is 65.7 Å². The predicted octanol–water partition coefficient (Wildman–Crippen LogP) is 3.78. The Kier molecular flexibility index (Phi) is 6.18. The summed E-state index contributed by atoms with van der Waals surface area (Å²) >= 11 is 0. The highest BCUT2D eigenvalue weighted by molar-refractivity contribution is 6.06. The van der Waals surface area contributed by atoms with Gasteiger partial charge in [-0.25, -0.2) is 4.98 Å². The molecule has 2 amide bonds. The number of anilines is 2. The fourth-order valence-electron chi connectivity index (χ4n) is 5.99. The lowest BCUT2D eigenvalue weighted by Gasteiger charge is -2.31. The van der Waals surface area contributed by atoms with Crippen LogP contribution in [0.25, 0.3) is 11.1 Å². The van der Waals surface area contributed by atoms with Crippen molar-refractivity contribution in [2.24, 2.45) is 12.5 Å². The average Bonchev–Trinajstić information content (AvgIpc) is 3.43. The van der Waals surface area contributed by atoms with Crippen LogP contribution in [0.2, 0.25) is 0 Å². The molecule has 2 N–H and O–H groups in total. The predicted molar refractivity (Wildman–Crippen MR) is 153 cm³/mol. The number of fused-ring (bicyclic) bond motifs is 3. The van der Waals surface area contributed by atoms with E-state index in [1.54, 1.807) is 60.7 Å². The smallest absolute Gasteiger partial charge is 0.276 e. The van der Waals surface area contributed by atoms with Crippen LogP contribution in [0.1, 0.15) is 51.5 Å². The summed E-state index contributed by atoms with van der Waals surface area (Å²) in [6, 6.07) is 14.0. The zero-order chi connectivity index (χ0) is 28.2. The van der Waals surface area contributed by atoms with Crippen LogP contribution >= 0.6 is 0 Å². The monoisotopic (exact) mass is 537 g/mol. The summed E-state index contributed by atoms with van der Waals surface area (Å²) in [6.07, 6.45) is 5.14. The number of benzene rings is 1. The van der Waals surface area contributed by atoms with Gasteiger partial charge in [0.1, 0.15) is 17.2 Å². The van der Waals surface area contributed by atoms with E-state index < -0.39 is 5.91 Å². The number of pyridine rings is 2. The molecule has 9 heteroatoms. The molecule has 1 aliphatic carbocycles. The van der Waals surface area contributed by atoms with E-state index in [1.807, 2.05) is 12.1 Å². The number of rotatable bonds is 5. The lowest BCUT2D eigenvalue weighted by molar-refractivity contribution is 0.0961. The van der Waals surface area contributed by atoms with Crippen molar-refractivity contribution in [3.8, 4) is 11.1 Å². The van der Waals surface area contributed by atoms with Gasteiger partial charge in [0.2, 0.25) is 0 Å². The highest BCUT2D eigenvalue weighted by Gasteiger charge is 2.37. The molecule has 0 bridgehead atoms. The topological polar surface area (TPSA) is 109 Å². The highest BCUT2D eigenvalue weighted by Crippen LogP contribution is 2.40. The Bertz CT molecular complexity index is 1720. The minimum atomic E-state index is -0.398. The Morgan fingerprint density at radius 1 is 1.07 bits per heavy atom. The molecule has 204 valence electrons. The number of aliphatic hydroxyl groups is 1. The molecule has 1 aliphatic heterocycles. The molecular weight excluding hydrogens is 506 g/mol. The second kappa shape index (κ2) is 9.60. The summed E-state index contributed by atoms with van der Waals surface area (Å²) in [7, 11) is 1.60. The Morgan fingerprint density at radius 3 is 2.60 bits per heavy atom. The van der Waals surface area contributed by atoms with Crippen LogP contribution < -0.4 is 15.8 Å². The zero-order valence-electron chi connectivity index (χ0n) is 22.8. The summed E-state index contributed by atoms with van der Waals surface area (Å²) in [6.45, 7) is 5.22. The van der Waals surface area contributed by atoms with E-state index in [0.29, 0.717) is 46.9 Å². The number of amides is 2. The van der Waals surface area contributed by atoms with Gasteiger partial charge in [0.15, 0.2) is 0 Å². The van der Waals surface area contributed by atoms with Gasteiger partial charge < -0.3 is 19.6 Å². The number of aliphatic hydroxyl groups excluding tert-OH is 1. The summed E-state index contributed by atoms with van der Waals surface area (Å²) < 4.78 is 3.53. The molecule has 0 saturated carbocycles. The van der Waals surface area contributed by atoms with Gasteiger partial charge in [0.05, 0.1) is 6.61 Å². The van der Waals surface area contributed by atoms with Crippen molar-refractivity contribution in [2.75, 3.05) is 16.8 Å². The van der Waals surface area contributed by atoms with E-state index in [4.69, 9.17) is 0 Å². The minimum Gasteiger partial charge on any atom is -0.392 e.